The molecule has 5 nitrogen and oxygen atoms in total. The molecule has 0 bridgehead atoms. The summed E-state index contributed by atoms with van der Waals surface area (Å²) in [6.45, 7) is 1.26. The molecular weight excluding hydrogens is 310 g/mol. The molecule has 6 heteroatoms. The summed E-state index contributed by atoms with van der Waals surface area (Å²) in [6.07, 6.45) is 2.17. The Labute approximate surface area is 139 Å². The van der Waals surface area contributed by atoms with Crippen LogP contribution in [0.2, 0.25) is 0 Å². The lowest BCUT2D eigenvalue weighted by molar-refractivity contribution is -0.115. The van der Waals surface area contributed by atoms with Crippen LogP contribution >= 0.6 is 11.8 Å². The number of hydrogen-bond acceptors (Lipinski definition) is 5. The van der Waals surface area contributed by atoms with Gasteiger partial charge in [0.1, 0.15) is 6.61 Å². The Kier molecular flexibility index (Phi) is 5.26. The summed E-state index contributed by atoms with van der Waals surface area (Å²) in [5.41, 5.74) is 1.57. The zero-order chi connectivity index (χ0) is 15.9. The van der Waals surface area contributed by atoms with Crippen LogP contribution in [-0.2, 0) is 9.53 Å². The minimum Gasteiger partial charge on any atom is -0.475 e. The SMILES string of the molecule is O=C(CCSc1ccccn1)Nc1ccccc1C1=NCCO1. The van der Waals surface area contributed by atoms with Gasteiger partial charge >= 0.3 is 0 Å². The number of carbonyl (C=O) groups is 1. The molecule has 1 aliphatic heterocycles. The smallest absolute Gasteiger partial charge is 0.225 e. The first kappa shape index (κ1) is 15.6. The van der Waals surface area contributed by atoms with E-state index in [4.69, 9.17) is 4.74 Å². The van der Waals surface area contributed by atoms with Crippen molar-refractivity contribution in [1.82, 2.24) is 4.98 Å². The van der Waals surface area contributed by atoms with Gasteiger partial charge < -0.3 is 10.1 Å². The van der Waals surface area contributed by atoms with E-state index >= 15 is 0 Å². The first-order valence-corrected chi connectivity index (χ1v) is 8.42. The predicted octanol–water partition coefficient (Wildman–Crippen LogP) is 2.98. The summed E-state index contributed by atoms with van der Waals surface area (Å²) >= 11 is 1.57. The van der Waals surface area contributed by atoms with Crippen molar-refractivity contribution in [2.24, 2.45) is 4.99 Å². The van der Waals surface area contributed by atoms with E-state index in [1.165, 1.54) is 0 Å². The highest BCUT2D eigenvalue weighted by Crippen LogP contribution is 2.20. The fourth-order valence-electron chi connectivity index (χ4n) is 2.17. The van der Waals surface area contributed by atoms with Gasteiger partial charge in [0.25, 0.3) is 0 Å². The van der Waals surface area contributed by atoms with Gasteiger partial charge in [0.05, 0.1) is 22.8 Å². The molecule has 0 radical (unpaired) electrons. The monoisotopic (exact) mass is 327 g/mol. The number of rotatable bonds is 6. The summed E-state index contributed by atoms with van der Waals surface area (Å²) in [5.74, 6) is 1.26. The number of para-hydroxylation sites is 1. The number of carbonyl (C=O) groups excluding carboxylic acids is 1. The fraction of sp³-hybridized carbons (Fsp3) is 0.235. The molecule has 3 rings (SSSR count). The average Bonchev–Trinajstić information content (AvgIpc) is 3.11. The lowest BCUT2D eigenvalue weighted by Crippen LogP contribution is -2.15. The number of anilines is 1. The topological polar surface area (TPSA) is 63.6 Å². The molecule has 1 N–H and O–H groups in total. The molecule has 1 aliphatic rings. The number of thioether (sulfide) groups is 1. The van der Waals surface area contributed by atoms with Crippen LogP contribution < -0.4 is 5.32 Å². The maximum atomic E-state index is 12.1. The van der Waals surface area contributed by atoms with E-state index in [0.29, 0.717) is 31.2 Å². The quantitative estimate of drug-likeness (QED) is 0.829. The Morgan fingerprint density at radius 2 is 2.09 bits per heavy atom. The van der Waals surface area contributed by atoms with Gasteiger partial charge in [0.2, 0.25) is 11.8 Å². The molecule has 1 aromatic carbocycles. The standard InChI is InChI=1S/C17H17N3O2S/c21-15(8-12-23-16-7-3-4-9-18-16)20-14-6-2-1-5-13(14)17-19-10-11-22-17/h1-7,9H,8,10-12H2,(H,20,21). The third kappa shape index (κ3) is 4.32. The van der Waals surface area contributed by atoms with Crippen LogP contribution in [0.25, 0.3) is 0 Å². The number of nitrogens with zero attached hydrogens (tertiary/aromatic N) is 2. The highest BCUT2D eigenvalue weighted by atomic mass is 32.2. The maximum Gasteiger partial charge on any atom is 0.225 e. The van der Waals surface area contributed by atoms with Crippen LogP contribution in [0.5, 0.6) is 0 Å². The molecule has 0 saturated heterocycles. The van der Waals surface area contributed by atoms with Crippen molar-refractivity contribution in [1.29, 1.82) is 0 Å². The van der Waals surface area contributed by atoms with Crippen molar-refractivity contribution in [3.05, 3.63) is 54.2 Å². The van der Waals surface area contributed by atoms with E-state index in [9.17, 15) is 4.79 Å². The zero-order valence-electron chi connectivity index (χ0n) is 12.6. The van der Waals surface area contributed by atoms with E-state index in [-0.39, 0.29) is 5.91 Å². The van der Waals surface area contributed by atoms with Gasteiger partial charge in [0.15, 0.2) is 0 Å². The molecule has 0 atom stereocenters. The molecule has 0 unspecified atom stereocenters. The van der Waals surface area contributed by atoms with E-state index in [2.05, 4.69) is 15.3 Å². The van der Waals surface area contributed by atoms with E-state index < -0.39 is 0 Å². The summed E-state index contributed by atoms with van der Waals surface area (Å²) < 4.78 is 5.49. The second-order valence-electron chi connectivity index (χ2n) is 4.90. The van der Waals surface area contributed by atoms with Crippen LogP contribution in [0.4, 0.5) is 5.69 Å². The number of aromatic nitrogens is 1. The van der Waals surface area contributed by atoms with Crippen molar-refractivity contribution in [2.75, 3.05) is 24.2 Å². The van der Waals surface area contributed by atoms with Gasteiger partial charge in [-0.1, -0.05) is 18.2 Å². The van der Waals surface area contributed by atoms with Crippen LogP contribution in [0, 0.1) is 0 Å². The van der Waals surface area contributed by atoms with E-state index in [1.54, 1.807) is 18.0 Å². The van der Waals surface area contributed by atoms with Gasteiger partial charge in [-0.2, -0.15) is 0 Å². The number of ether oxygens (including phenoxy) is 1. The van der Waals surface area contributed by atoms with E-state index in [0.717, 1.165) is 16.3 Å². The lowest BCUT2D eigenvalue weighted by Gasteiger charge is -2.10. The van der Waals surface area contributed by atoms with Crippen LogP contribution in [0.15, 0.2) is 58.7 Å². The molecule has 0 spiro atoms. The number of pyridine rings is 1. The summed E-state index contributed by atoms with van der Waals surface area (Å²) in [4.78, 5) is 20.7. The number of hydrogen-bond donors (Lipinski definition) is 1. The maximum absolute atomic E-state index is 12.1. The van der Waals surface area contributed by atoms with Crippen molar-refractivity contribution in [2.45, 2.75) is 11.4 Å². The average molecular weight is 327 g/mol. The summed E-state index contributed by atoms with van der Waals surface area (Å²) in [7, 11) is 0. The van der Waals surface area contributed by atoms with Crippen molar-refractivity contribution < 1.29 is 9.53 Å². The molecular formula is C17H17N3O2S. The minimum atomic E-state index is -0.0283. The summed E-state index contributed by atoms with van der Waals surface area (Å²) in [5, 5.41) is 3.87. The number of aliphatic imine (C=N–C) groups is 1. The molecule has 23 heavy (non-hydrogen) atoms. The second-order valence-corrected chi connectivity index (χ2v) is 6.01. The fourth-order valence-corrected chi connectivity index (χ4v) is 2.98. The number of amides is 1. The lowest BCUT2D eigenvalue weighted by atomic mass is 10.1. The third-order valence-electron chi connectivity index (χ3n) is 3.23. The van der Waals surface area contributed by atoms with Gasteiger partial charge in [-0.05, 0) is 24.3 Å². The van der Waals surface area contributed by atoms with Crippen LogP contribution in [0.1, 0.15) is 12.0 Å². The second kappa shape index (κ2) is 7.78. The van der Waals surface area contributed by atoms with Gasteiger partial charge in [-0.15, -0.1) is 11.8 Å². The first-order valence-electron chi connectivity index (χ1n) is 7.43. The molecule has 2 aromatic rings. The Hall–Kier alpha value is -2.34. The molecule has 2 heterocycles. The van der Waals surface area contributed by atoms with Crippen molar-refractivity contribution in [3.8, 4) is 0 Å². The first-order chi connectivity index (χ1) is 11.3. The molecule has 1 aromatic heterocycles. The molecule has 0 fully saturated rings. The summed E-state index contributed by atoms with van der Waals surface area (Å²) in [6, 6.07) is 13.3. The van der Waals surface area contributed by atoms with Gasteiger partial charge in [-0.25, -0.2) is 9.98 Å². The third-order valence-corrected chi connectivity index (χ3v) is 4.18. The van der Waals surface area contributed by atoms with Crippen LogP contribution in [-0.4, -0.2) is 35.7 Å². The largest absolute Gasteiger partial charge is 0.475 e. The molecule has 0 aliphatic carbocycles. The normalized spacial score (nSPS) is 13.3. The highest BCUT2D eigenvalue weighted by molar-refractivity contribution is 7.99. The van der Waals surface area contributed by atoms with E-state index in [1.807, 2.05) is 42.5 Å². The predicted molar refractivity (Wildman–Crippen MR) is 92.0 cm³/mol. The Bertz CT molecular complexity index is 704. The van der Waals surface area contributed by atoms with Crippen molar-refractivity contribution in [3.63, 3.8) is 0 Å². The van der Waals surface area contributed by atoms with Crippen molar-refractivity contribution >= 4 is 29.3 Å². The highest BCUT2D eigenvalue weighted by Gasteiger charge is 2.15. The zero-order valence-corrected chi connectivity index (χ0v) is 13.4. The molecule has 1 amide bonds. The Balaban J connectivity index is 1.56. The van der Waals surface area contributed by atoms with Gasteiger partial charge in [-0.3, -0.25) is 4.79 Å². The van der Waals surface area contributed by atoms with Gasteiger partial charge in [0, 0.05) is 18.4 Å². The molecule has 118 valence electrons. The van der Waals surface area contributed by atoms with Crippen LogP contribution in [0.3, 0.4) is 0 Å². The number of benzene rings is 1. The Morgan fingerprint density at radius 3 is 2.87 bits per heavy atom. The number of nitrogens with one attached hydrogen (secondary N) is 1. The Morgan fingerprint density at radius 1 is 1.22 bits per heavy atom. The minimum absolute atomic E-state index is 0.0283. The molecule has 0 saturated carbocycles.